The average Bonchev–Trinajstić information content (AvgIpc) is 3.27. The molecule has 5 rings (SSSR count). The van der Waals surface area contributed by atoms with Gasteiger partial charge in [0.25, 0.3) is 0 Å². The fourth-order valence-electron chi connectivity index (χ4n) is 4.46. The smallest absolute Gasteiger partial charge is 0.227 e. The molecule has 176 valence electrons. The molecular weight excluding hydrogens is 442 g/mol. The van der Waals surface area contributed by atoms with Gasteiger partial charge in [0.1, 0.15) is 0 Å². The third-order valence-electron chi connectivity index (χ3n) is 6.32. The van der Waals surface area contributed by atoms with Crippen LogP contribution in [0.2, 0.25) is 0 Å². The zero-order valence-corrected chi connectivity index (χ0v) is 20.6. The van der Waals surface area contributed by atoms with Crippen molar-refractivity contribution in [2.75, 3.05) is 55.3 Å². The summed E-state index contributed by atoms with van der Waals surface area (Å²) in [5.74, 6) is 1.25. The fourth-order valence-corrected chi connectivity index (χ4v) is 5.35. The highest BCUT2D eigenvalue weighted by Gasteiger charge is 2.19. The first-order chi connectivity index (χ1) is 16.7. The lowest BCUT2D eigenvalue weighted by Gasteiger charge is -2.37. The summed E-state index contributed by atoms with van der Waals surface area (Å²) in [7, 11) is 1.88. The highest BCUT2D eigenvalue weighted by atomic mass is 32.1. The number of piperazine rings is 1. The zero-order chi connectivity index (χ0) is 23.3. The maximum atomic E-state index is 4.71. The molecule has 1 fully saturated rings. The number of aryl methyl sites for hydroxylation is 1. The number of aromatic nitrogens is 3. The highest BCUT2D eigenvalue weighted by Crippen LogP contribution is 2.32. The molecule has 8 heteroatoms. The number of nitrogens with zero attached hydrogens (tertiary/aromatic N) is 5. The molecule has 1 aromatic carbocycles. The number of nitrogens with one attached hydrogen (secondary N) is 2. The Balaban J connectivity index is 1.18. The fraction of sp³-hybridized carbons (Fsp3) is 0.346. The van der Waals surface area contributed by atoms with Crippen LogP contribution >= 0.6 is 11.3 Å². The molecule has 34 heavy (non-hydrogen) atoms. The van der Waals surface area contributed by atoms with Crippen molar-refractivity contribution in [1.82, 2.24) is 19.9 Å². The van der Waals surface area contributed by atoms with E-state index in [9.17, 15) is 0 Å². The van der Waals surface area contributed by atoms with Crippen molar-refractivity contribution in [2.45, 2.75) is 13.3 Å². The minimum Gasteiger partial charge on any atom is -0.369 e. The molecule has 1 saturated heterocycles. The molecule has 0 radical (unpaired) electrons. The van der Waals surface area contributed by atoms with E-state index in [0.717, 1.165) is 59.8 Å². The normalized spacial score (nSPS) is 18.3. The maximum absolute atomic E-state index is 4.71. The summed E-state index contributed by atoms with van der Waals surface area (Å²) in [6, 6.07) is 10.5. The van der Waals surface area contributed by atoms with Crippen LogP contribution in [-0.2, 0) is 0 Å². The lowest BCUT2D eigenvalue weighted by atomic mass is 10.00. The Bertz CT molecular complexity index is 1160. The number of hydrogen-bond donors (Lipinski definition) is 2. The van der Waals surface area contributed by atoms with Gasteiger partial charge < -0.3 is 15.5 Å². The van der Waals surface area contributed by atoms with Crippen LogP contribution in [-0.4, -0.2) is 59.6 Å². The number of thiazole rings is 1. The molecule has 0 saturated carbocycles. The van der Waals surface area contributed by atoms with Crippen molar-refractivity contribution < 1.29 is 0 Å². The molecule has 1 unspecified atom stereocenters. The standard InChI is InChI=1S/C26H31N7S/c1-19-24(34-26(27-2)29-19)23-12-13-28-25(31-23)30-21-8-10-22(11-9-21)33-16-14-32(15-17-33)18-20-6-4-3-5-7-20/h3-6,8-13,20H,7,14-18H2,1-2H3,(H,27,29)(H,28,30,31). The Hall–Kier alpha value is -3.23. The minimum absolute atomic E-state index is 0.587. The van der Waals surface area contributed by atoms with Gasteiger partial charge in [-0.3, -0.25) is 4.90 Å². The Kier molecular flexibility index (Phi) is 6.87. The highest BCUT2D eigenvalue weighted by molar-refractivity contribution is 7.19. The Morgan fingerprint density at radius 3 is 2.56 bits per heavy atom. The van der Waals surface area contributed by atoms with Crippen LogP contribution in [0.4, 0.5) is 22.5 Å². The molecule has 2 aliphatic rings. The third kappa shape index (κ3) is 5.29. The van der Waals surface area contributed by atoms with E-state index in [1.54, 1.807) is 17.5 Å². The summed E-state index contributed by atoms with van der Waals surface area (Å²) in [5.41, 5.74) is 4.09. The molecule has 3 heterocycles. The van der Waals surface area contributed by atoms with Gasteiger partial charge in [-0.05, 0) is 49.6 Å². The van der Waals surface area contributed by atoms with Crippen LogP contribution in [0.3, 0.4) is 0 Å². The predicted octanol–water partition coefficient (Wildman–Crippen LogP) is 4.95. The molecule has 1 atom stereocenters. The summed E-state index contributed by atoms with van der Waals surface area (Å²) >= 11 is 1.60. The molecule has 0 spiro atoms. The Morgan fingerprint density at radius 1 is 1.03 bits per heavy atom. The van der Waals surface area contributed by atoms with Crippen molar-refractivity contribution in [3.63, 3.8) is 0 Å². The summed E-state index contributed by atoms with van der Waals surface area (Å²) in [5, 5.41) is 7.34. The van der Waals surface area contributed by atoms with Crippen molar-refractivity contribution >= 4 is 33.8 Å². The maximum Gasteiger partial charge on any atom is 0.227 e. The van der Waals surface area contributed by atoms with E-state index in [2.05, 4.69) is 79.0 Å². The number of benzene rings is 1. The second-order valence-electron chi connectivity index (χ2n) is 8.72. The first-order valence-electron chi connectivity index (χ1n) is 11.8. The van der Waals surface area contributed by atoms with Crippen molar-refractivity contribution in [2.24, 2.45) is 5.92 Å². The van der Waals surface area contributed by atoms with Crippen LogP contribution in [0.15, 0.2) is 60.8 Å². The van der Waals surface area contributed by atoms with Crippen LogP contribution in [0.25, 0.3) is 10.6 Å². The topological polar surface area (TPSA) is 69.2 Å². The van der Waals surface area contributed by atoms with Gasteiger partial charge in [0.2, 0.25) is 5.95 Å². The van der Waals surface area contributed by atoms with Gasteiger partial charge in [-0.25, -0.2) is 15.0 Å². The van der Waals surface area contributed by atoms with E-state index in [1.807, 2.05) is 20.0 Å². The van der Waals surface area contributed by atoms with Crippen molar-refractivity contribution in [1.29, 1.82) is 0 Å². The van der Waals surface area contributed by atoms with E-state index in [1.165, 1.54) is 12.1 Å². The molecule has 2 aromatic heterocycles. The number of hydrogen-bond acceptors (Lipinski definition) is 8. The number of rotatable bonds is 7. The number of anilines is 4. The molecule has 7 nitrogen and oxygen atoms in total. The van der Waals surface area contributed by atoms with E-state index in [0.29, 0.717) is 11.9 Å². The summed E-state index contributed by atoms with van der Waals surface area (Å²) in [6.07, 6.45) is 11.9. The molecule has 0 bridgehead atoms. The molecular formula is C26H31N7S. The molecule has 1 aliphatic heterocycles. The summed E-state index contributed by atoms with van der Waals surface area (Å²) < 4.78 is 0. The van der Waals surface area contributed by atoms with Gasteiger partial charge in [0.15, 0.2) is 5.13 Å². The van der Waals surface area contributed by atoms with Gasteiger partial charge in [-0.1, -0.05) is 35.6 Å². The second-order valence-corrected chi connectivity index (χ2v) is 9.72. The lowest BCUT2D eigenvalue weighted by Crippen LogP contribution is -2.47. The monoisotopic (exact) mass is 473 g/mol. The minimum atomic E-state index is 0.587. The lowest BCUT2D eigenvalue weighted by molar-refractivity contribution is 0.234. The summed E-state index contributed by atoms with van der Waals surface area (Å²) in [6.45, 7) is 7.51. The van der Waals surface area contributed by atoms with E-state index in [4.69, 9.17) is 4.98 Å². The van der Waals surface area contributed by atoms with Crippen molar-refractivity contribution in [3.05, 3.63) is 66.5 Å². The van der Waals surface area contributed by atoms with E-state index >= 15 is 0 Å². The van der Waals surface area contributed by atoms with Crippen LogP contribution < -0.4 is 15.5 Å². The SMILES string of the molecule is CNc1nc(C)c(-c2ccnc(Nc3ccc(N4CCN(CC5C=CC=CC5)CC4)cc3)n2)s1. The Morgan fingerprint density at radius 2 is 1.85 bits per heavy atom. The largest absolute Gasteiger partial charge is 0.369 e. The zero-order valence-electron chi connectivity index (χ0n) is 19.7. The van der Waals surface area contributed by atoms with Crippen LogP contribution in [0, 0.1) is 12.8 Å². The van der Waals surface area contributed by atoms with E-state index in [-0.39, 0.29) is 0 Å². The number of allylic oxidation sites excluding steroid dienone is 3. The molecule has 1 aliphatic carbocycles. The summed E-state index contributed by atoms with van der Waals surface area (Å²) in [4.78, 5) is 19.8. The van der Waals surface area contributed by atoms with Crippen LogP contribution in [0.1, 0.15) is 12.1 Å². The second kappa shape index (κ2) is 10.4. The molecule has 2 N–H and O–H groups in total. The molecule has 0 amide bonds. The first-order valence-corrected chi connectivity index (χ1v) is 12.7. The van der Waals surface area contributed by atoms with Gasteiger partial charge in [0.05, 0.1) is 16.3 Å². The Labute approximate surface area is 205 Å². The van der Waals surface area contributed by atoms with Gasteiger partial charge in [0, 0.05) is 57.3 Å². The van der Waals surface area contributed by atoms with Crippen LogP contribution in [0.5, 0.6) is 0 Å². The van der Waals surface area contributed by atoms with Gasteiger partial charge >= 0.3 is 0 Å². The predicted molar refractivity (Wildman–Crippen MR) is 142 cm³/mol. The van der Waals surface area contributed by atoms with E-state index < -0.39 is 0 Å². The van der Waals surface area contributed by atoms with Gasteiger partial charge in [-0.15, -0.1) is 0 Å². The van der Waals surface area contributed by atoms with Crippen molar-refractivity contribution in [3.8, 4) is 10.6 Å². The molecule has 3 aromatic rings. The average molecular weight is 474 g/mol. The third-order valence-corrected chi connectivity index (χ3v) is 7.52. The van der Waals surface area contributed by atoms with Gasteiger partial charge in [-0.2, -0.15) is 0 Å². The quantitative estimate of drug-likeness (QED) is 0.503. The first kappa shape index (κ1) is 22.6.